The van der Waals surface area contributed by atoms with Crippen LogP contribution in [0.15, 0.2) is 212 Å². The summed E-state index contributed by atoms with van der Waals surface area (Å²) in [5, 5.41) is 31.3. The molecule has 112 heavy (non-hydrogen) atoms. The van der Waals surface area contributed by atoms with Crippen molar-refractivity contribution < 1.29 is 0 Å². The molecule has 0 amide bonds. The second-order valence-electron chi connectivity index (χ2n) is 31.2. The van der Waals surface area contributed by atoms with Crippen molar-refractivity contribution in [1.29, 1.82) is 0 Å². The molecule has 2 fully saturated rings. The number of fused-ring (bicyclic) bond motifs is 8. The summed E-state index contributed by atoms with van der Waals surface area (Å²) in [6.45, 7) is 13.1. The number of aromatic nitrogens is 12. The van der Waals surface area contributed by atoms with E-state index in [-0.39, 0.29) is 24.8 Å². The Labute approximate surface area is 674 Å². The molecule has 20 rings (SSSR count). The number of hydrogen-bond acceptors (Lipinski definition) is 9. The molecule has 16 heteroatoms. The molecule has 0 unspecified atom stereocenters. The molecule has 570 valence electrons. The number of pyridine rings is 4. The normalized spacial score (nSPS) is 14.7. The second kappa shape index (κ2) is 34.7. The van der Waals surface area contributed by atoms with E-state index in [1.54, 1.807) is 5.57 Å². The molecule has 0 radical (unpaired) electrons. The smallest absolute Gasteiger partial charge is 0.130 e. The van der Waals surface area contributed by atoms with Gasteiger partial charge < -0.3 is 5.32 Å². The lowest BCUT2D eigenvalue weighted by Gasteiger charge is -2.23. The minimum absolute atomic E-state index is 0. The highest BCUT2D eigenvalue weighted by atomic mass is 35.5. The topological polar surface area (TPSA) is 135 Å². The molecule has 0 atom stereocenters. The number of allylic oxidation sites excluding steroid dienone is 4. The Balaban J connectivity index is 0.000000120. The summed E-state index contributed by atoms with van der Waals surface area (Å²) in [4.78, 5) is 19.4. The maximum Gasteiger partial charge on any atom is 0.130 e. The molecule has 3 aliphatic carbocycles. The highest BCUT2D eigenvalue weighted by molar-refractivity contribution is 6.30. The quantitative estimate of drug-likeness (QED) is 0.122. The summed E-state index contributed by atoms with van der Waals surface area (Å²) in [5.74, 6) is 1.23. The maximum absolute atomic E-state index is 6.03. The number of piperidine rings is 1. The van der Waals surface area contributed by atoms with E-state index in [1.165, 1.54) is 200 Å². The Morgan fingerprint density at radius 1 is 0.330 bits per heavy atom. The molecule has 1 saturated carbocycles. The SMILES string of the molecule is CC1=CCCCC1.Cc1cc(C2=CCCCC2)nc2ccc(-c3ccc4nn(C)cc4c3)cc12.Cc1cc(C2CCCCC2)nc2ccc(-c3ccc4nn(C)cc4c3)cc12.Cc1cc(C2CCNCC2)nc2ccc(-c3ccc4nn(C)cc4c3)cc12.Cc1cc(Cl)nc2ccc(-c3ccc4nn(C)cc4c3)cc12.Cl.Cl. The number of benzene rings is 8. The number of aryl methyl sites for hydroxylation is 8. The first-order valence-electron chi connectivity index (χ1n) is 39.6. The Bertz CT molecular complexity index is 6000. The van der Waals surface area contributed by atoms with E-state index in [1.807, 2.05) is 65.2 Å². The summed E-state index contributed by atoms with van der Waals surface area (Å²) in [6.07, 6.45) is 32.4. The van der Waals surface area contributed by atoms with Crippen molar-refractivity contribution in [3.05, 3.63) is 257 Å². The third-order valence-electron chi connectivity index (χ3n) is 22.8. The van der Waals surface area contributed by atoms with Gasteiger partial charge in [0.05, 0.1) is 49.8 Å². The molecule has 0 bridgehead atoms. The third kappa shape index (κ3) is 17.7. The molecule has 1 aliphatic heterocycles. The summed E-state index contributed by atoms with van der Waals surface area (Å²) in [7, 11) is 7.83. The molecular weight excluding hydrogens is 1440 g/mol. The van der Waals surface area contributed by atoms with Crippen LogP contribution in [0.1, 0.15) is 154 Å². The first kappa shape index (κ1) is 78.3. The fourth-order valence-electron chi connectivity index (χ4n) is 16.8. The first-order valence-corrected chi connectivity index (χ1v) is 40.0. The standard InChI is InChI=1S/C24H25N3.C24H23N3.C23H24N4.C18H14ClN3.C7H12.2ClH/c2*1-16-12-24(17-6-4-3-5-7-17)25-23-11-9-19(14-21(16)23)18-8-10-22-20(13-18)15-27(2)26-22;1-15-11-23(16-7-9-24-10-8-16)25-22-6-4-18(13-20(15)22)17-3-5-21-19(12-17)14-27(2)26-21;1-11-7-18(19)20-17-6-4-13(9-15(11)17)12-3-5-16-14(8-12)10-22(2)21-16;1-7-5-3-2-4-6-7;;/h8-15,17H,3-7H2,1-2H3;6,8-15H,3-5,7H2,1-2H3;3-6,11-14,16,24H,7-10H2,1-2H3;3-10H,1-2H3;5H,2-4,6H2,1H3;2*1H. The van der Waals surface area contributed by atoms with Gasteiger partial charge in [-0.15, -0.1) is 24.8 Å². The van der Waals surface area contributed by atoms with Crippen molar-refractivity contribution in [2.24, 2.45) is 28.2 Å². The molecule has 9 heterocycles. The molecule has 13 nitrogen and oxygen atoms in total. The first-order chi connectivity index (χ1) is 53.5. The lowest BCUT2D eigenvalue weighted by molar-refractivity contribution is 0.437. The van der Waals surface area contributed by atoms with Crippen molar-refractivity contribution in [3.8, 4) is 44.5 Å². The van der Waals surface area contributed by atoms with Crippen molar-refractivity contribution in [2.75, 3.05) is 13.1 Å². The van der Waals surface area contributed by atoms with Gasteiger partial charge in [0.25, 0.3) is 0 Å². The monoisotopic (exact) mass is 1540 g/mol. The van der Waals surface area contributed by atoms with Crippen molar-refractivity contribution in [1.82, 2.24) is 64.4 Å². The van der Waals surface area contributed by atoms with Gasteiger partial charge in [-0.3, -0.25) is 28.7 Å². The summed E-state index contributed by atoms with van der Waals surface area (Å²) >= 11 is 6.03. The Hall–Kier alpha value is -10.4. The van der Waals surface area contributed by atoms with Gasteiger partial charge in [0.1, 0.15) is 5.15 Å². The zero-order valence-electron chi connectivity index (χ0n) is 65.9. The van der Waals surface area contributed by atoms with Crippen LogP contribution in [0.2, 0.25) is 5.15 Å². The molecule has 16 aromatic rings. The molecule has 0 spiro atoms. The molecule has 8 aromatic carbocycles. The molecule has 1 N–H and O–H groups in total. The fraction of sp³-hybridized carbons (Fsp3) is 0.292. The highest BCUT2D eigenvalue weighted by Crippen LogP contribution is 2.38. The Kier molecular flexibility index (Phi) is 24.2. The molecule has 4 aliphatic rings. The predicted molar refractivity (Wildman–Crippen MR) is 474 cm³/mol. The maximum atomic E-state index is 6.03. The van der Waals surface area contributed by atoms with Crippen LogP contribution in [-0.2, 0) is 28.2 Å². The summed E-state index contributed by atoms with van der Waals surface area (Å²) in [5.41, 5.74) is 29.9. The average molecular weight is 1540 g/mol. The molecule has 8 aromatic heterocycles. The number of halogens is 3. The number of nitrogens with one attached hydrogen (secondary N) is 1. The van der Waals surface area contributed by atoms with E-state index >= 15 is 0 Å². The van der Waals surface area contributed by atoms with E-state index in [0.717, 1.165) is 85.7 Å². The van der Waals surface area contributed by atoms with Crippen LogP contribution in [0.4, 0.5) is 0 Å². The van der Waals surface area contributed by atoms with E-state index in [0.29, 0.717) is 17.0 Å². The highest BCUT2D eigenvalue weighted by Gasteiger charge is 2.21. The fourth-order valence-corrected chi connectivity index (χ4v) is 17.0. The van der Waals surface area contributed by atoms with Gasteiger partial charge in [-0.25, -0.2) is 9.97 Å². The molecule has 1 saturated heterocycles. The minimum atomic E-state index is 0. The Morgan fingerprint density at radius 3 is 1.04 bits per heavy atom. The van der Waals surface area contributed by atoms with Gasteiger partial charge in [-0.2, -0.15) is 20.4 Å². The van der Waals surface area contributed by atoms with Gasteiger partial charge in [0.2, 0.25) is 0 Å². The lowest BCUT2D eigenvalue weighted by Crippen LogP contribution is -2.27. The minimum Gasteiger partial charge on any atom is -0.317 e. The van der Waals surface area contributed by atoms with Gasteiger partial charge in [-0.1, -0.05) is 97.1 Å². The Morgan fingerprint density at radius 2 is 0.670 bits per heavy atom. The van der Waals surface area contributed by atoms with Crippen LogP contribution in [0.5, 0.6) is 0 Å². The number of nitrogens with zero attached hydrogens (tertiary/aromatic N) is 12. The third-order valence-corrected chi connectivity index (χ3v) is 23.0. The van der Waals surface area contributed by atoms with E-state index in [2.05, 4.69) is 254 Å². The number of hydrogen-bond donors (Lipinski definition) is 1. The zero-order chi connectivity index (χ0) is 75.5. The second-order valence-corrected chi connectivity index (χ2v) is 31.6. The van der Waals surface area contributed by atoms with E-state index < -0.39 is 0 Å². The van der Waals surface area contributed by atoms with Crippen LogP contribution in [0.3, 0.4) is 0 Å². The van der Waals surface area contributed by atoms with E-state index in [9.17, 15) is 0 Å². The molecular formula is C96H100Cl3N13. The largest absolute Gasteiger partial charge is 0.317 e. The predicted octanol–water partition coefficient (Wildman–Crippen LogP) is 24.9. The van der Waals surface area contributed by atoms with Crippen LogP contribution in [0.25, 0.3) is 137 Å². The van der Waals surface area contributed by atoms with Gasteiger partial charge in [0.15, 0.2) is 0 Å². The van der Waals surface area contributed by atoms with Gasteiger partial charge in [0, 0.05) is 119 Å². The van der Waals surface area contributed by atoms with Crippen molar-refractivity contribution in [2.45, 2.75) is 143 Å². The van der Waals surface area contributed by atoms with E-state index in [4.69, 9.17) is 26.6 Å². The van der Waals surface area contributed by atoms with Gasteiger partial charge in [-0.05, 0) is 318 Å². The van der Waals surface area contributed by atoms with Crippen LogP contribution in [0, 0.1) is 27.7 Å². The summed E-state index contributed by atoms with van der Waals surface area (Å²) in [6, 6.07) is 60.8. The van der Waals surface area contributed by atoms with Crippen LogP contribution in [-0.4, -0.2) is 72.1 Å². The lowest BCUT2D eigenvalue weighted by atomic mass is 9.86. The zero-order valence-corrected chi connectivity index (χ0v) is 68.3. The summed E-state index contributed by atoms with van der Waals surface area (Å²) < 4.78 is 7.44. The van der Waals surface area contributed by atoms with Crippen molar-refractivity contribution in [3.63, 3.8) is 0 Å². The van der Waals surface area contributed by atoms with Crippen molar-refractivity contribution >= 4 is 129 Å². The average Bonchev–Trinajstić information content (AvgIpc) is 1.56. The van der Waals surface area contributed by atoms with Crippen LogP contribution < -0.4 is 5.32 Å². The van der Waals surface area contributed by atoms with Crippen LogP contribution >= 0.6 is 36.4 Å². The van der Waals surface area contributed by atoms with Gasteiger partial charge >= 0.3 is 0 Å². The number of rotatable bonds is 7.